The number of carbonyl (C=O) groups excluding carboxylic acids is 2. The lowest BCUT2D eigenvalue weighted by Gasteiger charge is -2.15. The molecule has 33 heavy (non-hydrogen) atoms. The first-order chi connectivity index (χ1) is 15.4. The number of carbonyl (C=O) groups is 2. The third-order valence-corrected chi connectivity index (χ3v) is 6.15. The van der Waals surface area contributed by atoms with Crippen molar-refractivity contribution in [3.63, 3.8) is 0 Å². The molecule has 2 heterocycles. The maximum absolute atomic E-state index is 12.7. The van der Waals surface area contributed by atoms with E-state index in [0.29, 0.717) is 5.69 Å². The fraction of sp³-hybridized carbons (Fsp3) is 0.333. The summed E-state index contributed by atoms with van der Waals surface area (Å²) in [5.41, 5.74) is 3.07. The van der Waals surface area contributed by atoms with Gasteiger partial charge in [-0.05, 0) is 23.1 Å². The SMILES string of the molecule is CC(C)c1ccc(-c2cnn(C)c2)cc1NC(=O)NS(=O)(=O)c1cc(C(=O)N(C)C)n(C)n1. The largest absolute Gasteiger partial charge is 0.343 e. The first-order valence-corrected chi connectivity index (χ1v) is 11.6. The van der Waals surface area contributed by atoms with E-state index in [0.717, 1.165) is 27.4 Å². The van der Waals surface area contributed by atoms with Crippen LogP contribution in [0.3, 0.4) is 0 Å². The smallest absolute Gasteiger partial charge is 0.333 e. The standard InChI is InChI=1S/C21H27N7O4S/c1-13(2)16-8-7-14(15-11-22-27(5)12-15)9-17(16)23-21(30)25-33(31,32)19-10-18(28(6)24-19)20(29)26(3)4/h7-13H,1-6H3,(H2,23,25,30). The number of aryl methyl sites for hydroxylation is 2. The van der Waals surface area contributed by atoms with Gasteiger partial charge < -0.3 is 10.2 Å². The highest BCUT2D eigenvalue weighted by Gasteiger charge is 2.25. The molecule has 0 aliphatic carbocycles. The van der Waals surface area contributed by atoms with E-state index in [2.05, 4.69) is 15.5 Å². The first-order valence-electron chi connectivity index (χ1n) is 10.1. The van der Waals surface area contributed by atoms with E-state index in [4.69, 9.17) is 0 Å². The second kappa shape index (κ2) is 9.06. The van der Waals surface area contributed by atoms with Crippen LogP contribution >= 0.6 is 0 Å². The maximum atomic E-state index is 12.7. The van der Waals surface area contributed by atoms with Gasteiger partial charge in [0.1, 0.15) is 5.69 Å². The summed E-state index contributed by atoms with van der Waals surface area (Å²) < 4.78 is 30.2. The molecule has 3 amide bonds. The molecule has 2 aromatic heterocycles. The number of sulfonamides is 1. The van der Waals surface area contributed by atoms with Crippen molar-refractivity contribution in [2.45, 2.75) is 24.8 Å². The van der Waals surface area contributed by atoms with Gasteiger partial charge in [-0.3, -0.25) is 14.2 Å². The summed E-state index contributed by atoms with van der Waals surface area (Å²) in [5, 5.41) is 10.2. The average Bonchev–Trinajstić information content (AvgIpc) is 3.32. The zero-order valence-corrected chi connectivity index (χ0v) is 20.1. The normalized spacial score (nSPS) is 11.5. The van der Waals surface area contributed by atoms with Gasteiger partial charge in [-0.2, -0.15) is 18.6 Å². The monoisotopic (exact) mass is 473 g/mol. The van der Waals surface area contributed by atoms with Gasteiger partial charge in [-0.25, -0.2) is 9.52 Å². The van der Waals surface area contributed by atoms with Crippen LogP contribution in [0, 0.1) is 0 Å². The quantitative estimate of drug-likeness (QED) is 0.564. The molecule has 0 saturated carbocycles. The summed E-state index contributed by atoms with van der Waals surface area (Å²) in [6.45, 7) is 3.94. The molecule has 0 spiro atoms. The van der Waals surface area contributed by atoms with Crippen LogP contribution in [0.2, 0.25) is 0 Å². The van der Waals surface area contributed by atoms with Crippen LogP contribution in [0.5, 0.6) is 0 Å². The Kier molecular flexibility index (Phi) is 6.58. The van der Waals surface area contributed by atoms with Gasteiger partial charge in [0.15, 0.2) is 5.03 Å². The second-order valence-electron chi connectivity index (χ2n) is 8.11. The van der Waals surface area contributed by atoms with E-state index in [1.807, 2.05) is 36.9 Å². The molecule has 11 nitrogen and oxygen atoms in total. The third kappa shape index (κ3) is 5.22. The van der Waals surface area contributed by atoms with Crippen molar-refractivity contribution in [3.8, 4) is 11.1 Å². The third-order valence-electron chi connectivity index (χ3n) is 4.95. The van der Waals surface area contributed by atoms with Crippen molar-refractivity contribution < 1.29 is 18.0 Å². The number of nitrogens with one attached hydrogen (secondary N) is 2. The highest BCUT2D eigenvalue weighted by Crippen LogP contribution is 2.30. The van der Waals surface area contributed by atoms with Gasteiger partial charge in [0.05, 0.1) is 6.20 Å². The Morgan fingerprint density at radius 3 is 2.36 bits per heavy atom. The molecule has 0 atom stereocenters. The number of anilines is 1. The Balaban J connectivity index is 1.85. The van der Waals surface area contributed by atoms with Gasteiger partial charge in [-0.15, -0.1) is 0 Å². The van der Waals surface area contributed by atoms with Crippen molar-refractivity contribution in [1.29, 1.82) is 0 Å². The molecule has 0 saturated heterocycles. The van der Waals surface area contributed by atoms with Crippen LogP contribution in [-0.2, 0) is 24.1 Å². The minimum atomic E-state index is -4.31. The van der Waals surface area contributed by atoms with E-state index in [1.54, 1.807) is 38.1 Å². The lowest BCUT2D eigenvalue weighted by Crippen LogP contribution is -2.35. The molecule has 3 rings (SSSR count). The number of hydrogen-bond acceptors (Lipinski definition) is 6. The van der Waals surface area contributed by atoms with Crippen LogP contribution in [0.1, 0.15) is 35.8 Å². The van der Waals surface area contributed by atoms with Gasteiger partial charge >= 0.3 is 6.03 Å². The Morgan fingerprint density at radius 1 is 1.09 bits per heavy atom. The fourth-order valence-electron chi connectivity index (χ4n) is 3.24. The molecule has 176 valence electrons. The predicted molar refractivity (Wildman–Crippen MR) is 123 cm³/mol. The molecule has 0 aliphatic heterocycles. The van der Waals surface area contributed by atoms with E-state index < -0.39 is 27.0 Å². The second-order valence-corrected chi connectivity index (χ2v) is 9.74. The molecule has 12 heteroatoms. The highest BCUT2D eigenvalue weighted by molar-refractivity contribution is 7.90. The van der Waals surface area contributed by atoms with Crippen LogP contribution < -0.4 is 10.0 Å². The topological polar surface area (TPSA) is 131 Å². The molecule has 0 radical (unpaired) electrons. The molecule has 2 N–H and O–H groups in total. The Bertz CT molecular complexity index is 1310. The van der Waals surface area contributed by atoms with E-state index in [9.17, 15) is 18.0 Å². The fourth-order valence-corrected chi connectivity index (χ4v) is 4.14. The van der Waals surface area contributed by atoms with E-state index in [1.165, 1.54) is 11.9 Å². The van der Waals surface area contributed by atoms with Crippen LogP contribution in [0.25, 0.3) is 11.1 Å². The number of benzene rings is 1. The zero-order valence-electron chi connectivity index (χ0n) is 19.3. The lowest BCUT2D eigenvalue weighted by molar-refractivity contribution is 0.0817. The summed E-state index contributed by atoms with van der Waals surface area (Å²) in [6, 6.07) is 5.76. The summed E-state index contributed by atoms with van der Waals surface area (Å²) in [6.07, 6.45) is 3.54. The van der Waals surface area contributed by atoms with Crippen LogP contribution in [-0.4, -0.2) is 58.9 Å². The number of aromatic nitrogens is 4. The number of hydrogen-bond donors (Lipinski definition) is 2. The zero-order chi connectivity index (χ0) is 24.5. The summed E-state index contributed by atoms with van der Waals surface area (Å²) in [5.74, 6) is -0.333. The average molecular weight is 474 g/mol. The molecule has 0 fully saturated rings. The summed E-state index contributed by atoms with van der Waals surface area (Å²) in [4.78, 5) is 26.1. The van der Waals surface area contributed by atoms with Gasteiger partial charge in [0.2, 0.25) is 0 Å². The van der Waals surface area contributed by atoms with Crippen LogP contribution in [0.15, 0.2) is 41.7 Å². The number of amides is 3. The van der Waals surface area contributed by atoms with Crippen molar-refractivity contribution in [1.82, 2.24) is 29.2 Å². The van der Waals surface area contributed by atoms with E-state index in [-0.39, 0.29) is 11.6 Å². The van der Waals surface area contributed by atoms with Crippen molar-refractivity contribution in [2.24, 2.45) is 14.1 Å². The van der Waals surface area contributed by atoms with Crippen molar-refractivity contribution in [2.75, 3.05) is 19.4 Å². The highest BCUT2D eigenvalue weighted by atomic mass is 32.2. The Morgan fingerprint density at radius 2 is 1.79 bits per heavy atom. The predicted octanol–water partition coefficient (Wildman–Crippen LogP) is 2.16. The molecule has 1 aromatic carbocycles. The van der Waals surface area contributed by atoms with Gasteiger partial charge in [0, 0.05) is 51.7 Å². The van der Waals surface area contributed by atoms with Crippen molar-refractivity contribution >= 4 is 27.6 Å². The van der Waals surface area contributed by atoms with Crippen molar-refractivity contribution in [3.05, 3.63) is 47.9 Å². The van der Waals surface area contributed by atoms with Crippen LogP contribution in [0.4, 0.5) is 10.5 Å². The molecule has 0 aliphatic rings. The minimum absolute atomic E-state index is 0.0760. The molecular formula is C21H27N7O4S. The minimum Gasteiger partial charge on any atom is -0.343 e. The van der Waals surface area contributed by atoms with Gasteiger partial charge in [-0.1, -0.05) is 26.0 Å². The molecule has 3 aromatic rings. The molecule has 0 unspecified atom stereocenters. The lowest BCUT2D eigenvalue weighted by atomic mass is 9.97. The summed E-state index contributed by atoms with van der Waals surface area (Å²) in [7, 11) is 2.03. The van der Waals surface area contributed by atoms with E-state index >= 15 is 0 Å². The number of urea groups is 1. The number of rotatable bonds is 6. The number of nitrogens with zero attached hydrogens (tertiary/aromatic N) is 5. The molecular weight excluding hydrogens is 446 g/mol. The Labute approximate surface area is 192 Å². The maximum Gasteiger partial charge on any atom is 0.333 e. The molecule has 0 bridgehead atoms. The van der Waals surface area contributed by atoms with Gasteiger partial charge in [0.25, 0.3) is 15.9 Å². The summed E-state index contributed by atoms with van der Waals surface area (Å²) >= 11 is 0. The first kappa shape index (κ1) is 24.0. The Hall–Kier alpha value is -3.67.